The molecule has 4 aromatic rings. The fourth-order valence-corrected chi connectivity index (χ4v) is 3.91. The Kier molecular flexibility index (Phi) is 7.85. The number of methoxy groups -OCH3 is 1. The van der Waals surface area contributed by atoms with E-state index in [1.807, 2.05) is 19.1 Å². The van der Waals surface area contributed by atoms with Crippen LogP contribution in [-0.4, -0.2) is 31.9 Å². The van der Waals surface area contributed by atoms with Gasteiger partial charge in [-0.15, -0.1) is 0 Å². The van der Waals surface area contributed by atoms with E-state index in [0.29, 0.717) is 28.8 Å². The first-order valence-electron chi connectivity index (χ1n) is 11.1. The lowest BCUT2D eigenvalue weighted by atomic mass is 10.2. The van der Waals surface area contributed by atoms with Crippen LogP contribution in [0.5, 0.6) is 11.5 Å². The first kappa shape index (κ1) is 25.9. The Morgan fingerprint density at radius 1 is 1.08 bits per heavy atom. The van der Waals surface area contributed by atoms with Gasteiger partial charge in [-0.1, -0.05) is 23.7 Å². The first-order chi connectivity index (χ1) is 17.8. The van der Waals surface area contributed by atoms with E-state index in [1.54, 1.807) is 36.4 Å². The van der Waals surface area contributed by atoms with Gasteiger partial charge in [-0.2, -0.15) is 0 Å². The van der Waals surface area contributed by atoms with Crippen LogP contribution in [0.1, 0.15) is 22.8 Å². The van der Waals surface area contributed by atoms with Crippen LogP contribution in [0.15, 0.2) is 76.8 Å². The number of aromatic nitrogens is 4. The number of nitrogen functional groups attached to an aromatic ring is 1. The summed E-state index contributed by atoms with van der Waals surface area (Å²) >= 11 is 11.4. The van der Waals surface area contributed by atoms with Crippen molar-refractivity contribution in [2.45, 2.75) is 20.0 Å². The molecule has 0 fully saturated rings. The molecule has 0 spiro atoms. The Bertz CT molecular complexity index is 1630. The van der Waals surface area contributed by atoms with Crippen molar-refractivity contribution < 1.29 is 14.3 Å². The molecular formula is C25H23ClN6O4S. The van der Waals surface area contributed by atoms with Gasteiger partial charge in [-0.25, -0.2) is 19.3 Å². The summed E-state index contributed by atoms with van der Waals surface area (Å²) in [4.78, 5) is 33.6. The van der Waals surface area contributed by atoms with E-state index in [1.165, 1.54) is 39.4 Å². The van der Waals surface area contributed by atoms with Crippen LogP contribution < -0.4 is 21.9 Å². The van der Waals surface area contributed by atoms with Crippen LogP contribution in [-0.2, 0) is 17.8 Å². The van der Waals surface area contributed by atoms with Gasteiger partial charge >= 0.3 is 11.7 Å². The minimum absolute atomic E-state index is 0.150. The molecule has 12 heteroatoms. The van der Waals surface area contributed by atoms with Crippen molar-refractivity contribution in [2.75, 3.05) is 13.0 Å². The monoisotopic (exact) mass is 538 g/mol. The van der Waals surface area contributed by atoms with Crippen molar-refractivity contribution in [2.24, 2.45) is 4.99 Å². The van der Waals surface area contributed by atoms with Crippen LogP contribution in [0, 0.1) is 4.77 Å². The van der Waals surface area contributed by atoms with Crippen molar-refractivity contribution >= 4 is 35.5 Å². The molecule has 37 heavy (non-hydrogen) atoms. The fourth-order valence-electron chi connectivity index (χ4n) is 3.50. The maximum Gasteiger partial charge on any atom is 0.339 e. The van der Waals surface area contributed by atoms with Crippen molar-refractivity contribution in [3.63, 3.8) is 0 Å². The van der Waals surface area contributed by atoms with E-state index in [0.717, 1.165) is 5.56 Å². The number of nitrogens with two attached hydrogens (primary N) is 1. The molecule has 2 N–H and O–H groups in total. The van der Waals surface area contributed by atoms with Gasteiger partial charge in [0.15, 0.2) is 0 Å². The first-order valence-corrected chi connectivity index (χ1v) is 11.9. The summed E-state index contributed by atoms with van der Waals surface area (Å²) in [7, 11) is 1.29. The van der Waals surface area contributed by atoms with Crippen molar-refractivity contribution in [1.82, 2.24) is 18.8 Å². The number of halogens is 1. The Balaban J connectivity index is 1.71. The summed E-state index contributed by atoms with van der Waals surface area (Å²) in [5.74, 6) is 6.63. The van der Waals surface area contributed by atoms with Crippen LogP contribution in [0.2, 0.25) is 5.02 Å². The van der Waals surface area contributed by atoms with Gasteiger partial charge in [0.25, 0.3) is 0 Å². The number of hydrogen-bond acceptors (Lipinski definition) is 8. The SMILES string of the molecule is CCn1c(=S)n(N)/c(=N\c2ccc(Oc3cncc(C(=O)OC)c3)cc2)n(Cc2ccc(Cl)cc2)c1=O. The van der Waals surface area contributed by atoms with Gasteiger partial charge in [0.05, 0.1) is 31.1 Å². The maximum atomic E-state index is 13.3. The third-order valence-electron chi connectivity index (χ3n) is 5.36. The lowest BCUT2D eigenvalue weighted by Crippen LogP contribution is -2.49. The number of hydrogen-bond donors (Lipinski definition) is 1. The highest BCUT2D eigenvalue weighted by Crippen LogP contribution is 2.24. The van der Waals surface area contributed by atoms with E-state index >= 15 is 0 Å². The van der Waals surface area contributed by atoms with Gasteiger partial charge in [0.2, 0.25) is 10.4 Å². The summed E-state index contributed by atoms with van der Waals surface area (Å²) in [6.45, 7) is 2.38. The fraction of sp³-hybridized carbons (Fsp3) is 0.160. The van der Waals surface area contributed by atoms with E-state index in [4.69, 9.17) is 39.1 Å². The molecule has 10 nitrogen and oxygen atoms in total. The van der Waals surface area contributed by atoms with Crippen molar-refractivity contribution in [1.29, 1.82) is 0 Å². The average molecular weight is 539 g/mol. The van der Waals surface area contributed by atoms with Crippen LogP contribution in [0.4, 0.5) is 5.69 Å². The highest BCUT2D eigenvalue weighted by Gasteiger charge is 2.11. The van der Waals surface area contributed by atoms with Crippen molar-refractivity contribution in [3.8, 4) is 11.5 Å². The third-order valence-corrected chi connectivity index (χ3v) is 6.03. The predicted molar refractivity (Wildman–Crippen MR) is 141 cm³/mol. The van der Waals surface area contributed by atoms with Gasteiger partial charge in [0, 0.05) is 17.8 Å². The van der Waals surface area contributed by atoms with Gasteiger partial charge in [-0.05, 0) is 67.2 Å². The lowest BCUT2D eigenvalue weighted by Gasteiger charge is -2.14. The minimum atomic E-state index is -0.514. The summed E-state index contributed by atoms with van der Waals surface area (Å²) in [5, 5.41) is 0.592. The summed E-state index contributed by atoms with van der Waals surface area (Å²) in [5.41, 5.74) is 1.47. The molecule has 0 radical (unpaired) electrons. The Hall–Kier alpha value is -4.22. The molecule has 2 heterocycles. The molecule has 0 aliphatic heterocycles. The third kappa shape index (κ3) is 5.79. The van der Waals surface area contributed by atoms with E-state index in [2.05, 4.69) is 9.98 Å². The minimum Gasteiger partial charge on any atom is -0.465 e. The summed E-state index contributed by atoms with van der Waals surface area (Å²) in [6, 6.07) is 15.5. The topological polar surface area (TPSA) is 119 Å². The number of ether oxygens (including phenoxy) is 2. The molecule has 4 rings (SSSR count). The predicted octanol–water partition coefficient (Wildman–Crippen LogP) is 3.82. The second-order valence-corrected chi connectivity index (χ2v) is 8.60. The van der Waals surface area contributed by atoms with E-state index < -0.39 is 5.97 Å². The summed E-state index contributed by atoms with van der Waals surface area (Å²) < 4.78 is 14.7. The highest BCUT2D eigenvalue weighted by atomic mass is 35.5. The normalized spacial score (nSPS) is 11.4. The number of esters is 1. The highest BCUT2D eigenvalue weighted by molar-refractivity contribution is 7.71. The van der Waals surface area contributed by atoms with Crippen molar-refractivity contribution in [3.05, 3.63) is 104 Å². The Labute approximate surface area is 221 Å². The van der Waals surface area contributed by atoms with E-state index in [-0.39, 0.29) is 28.2 Å². The molecule has 0 unspecified atom stereocenters. The molecule has 2 aromatic heterocycles. The number of nitrogens with zero attached hydrogens (tertiary/aromatic N) is 5. The standard InChI is InChI=1S/C25H23ClN6O4S/c1-3-30-24(34)31(15-16-4-6-18(26)7-5-16)23(32(27)25(30)37)29-19-8-10-20(11-9-19)36-21-12-17(13-28-14-21)22(33)35-2/h4-14H,3,15,27H2,1-2H3/b29-23-. The maximum absolute atomic E-state index is 13.3. The van der Waals surface area contributed by atoms with Gasteiger partial charge in [-0.3, -0.25) is 14.1 Å². The number of rotatable bonds is 7. The molecule has 0 saturated heterocycles. The Morgan fingerprint density at radius 3 is 2.43 bits per heavy atom. The molecule has 0 aliphatic rings. The average Bonchev–Trinajstić information content (AvgIpc) is 2.91. The second-order valence-electron chi connectivity index (χ2n) is 7.80. The molecule has 0 bridgehead atoms. The molecule has 0 atom stereocenters. The largest absolute Gasteiger partial charge is 0.465 e. The molecular weight excluding hydrogens is 516 g/mol. The van der Waals surface area contributed by atoms with Crippen LogP contribution in [0.25, 0.3) is 0 Å². The number of pyridine rings is 1. The Morgan fingerprint density at radius 2 is 1.78 bits per heavy atom. The van der Waals surface area contributed by atoms with Gasteiger partial charge in [0.1, 0.15) is 11.5 Å². The smallest absolute Gasteiger partial charge is 0.339 e. The molecule has 0 amide bonds. The molecule has 0 saturated carbocycles. The van der Waals surface area contributed by atoms with E-state index in [9.17, 15) is 9.59 Å². The number of carbonyl (C=O) groups is 1. The van der Waals surface area contributed by atoms with Crippen LogP contribution in [0.3, 0.4) is 0 Å². The quantitative estimate of drug-likeness (QED) is 0.216. The zero-order chi connectivity index (χ0) is 26.5. The zero-order valence-corrected chi connectivity index (χ0v) is 21.6. The van der Waals surface area contributed by atoms with Crippen LogP contribution >= 0.6 is 23.8 Å². The molecule has 0 aliphatic carbocycles. The summed E-state index contributed by atoms with van der Waals surface area (Å²) in [6.07, 6.45) is 2.87. The molecule has 2 aromatic carbocycles. The second kappa shape index (κ2) is 11.2. The van der Waals surface area contributed by atoms with Gasteiger partial charge < -0.3 is 15.3 Å². The number of carbonyl (C=O) groups excluding carboxylic acids is 1. The lowest BCUT2D eigenvalue weighted by molar-refractivity contribution is 0.0600. The zero-order valence-electron chi connectivity index (χ0n) is 20.0. The molecule has 190 valence electrons. The number of benzene rings is 2.